The second-order valence-electron chi connectivity index (χ2n) is 3.57. The zero-order valence-corrected chi connectivity index (χ0v) is 6.77. The third-order valence-electron chi connectivity index (χ3n) is 2.39. The summed E-state index contributed by atoms with van der Waals surface area (Å²) in [7, 11) is 0. The molecule has 1 aliphatic rings. The van der Waals surface area contributed by atoms with Gasteiger partial charge in [0.1, 0.15) is 0 Å². The summed E-state index contributed by atoms with van der Waals surface area (Å²) in [6, 6.07) is 0. The van der Waals surface area contributed by atoms with Crippen LogP contribution in [-0.4, -0.2) is 15.0 Å². The van der Waals surface area contributed by atoms with Crippen LogP contribution in [-0.2, 0) is 6.54 Å². The fourth-order valence-corrected chi connectivity index (χ4v) is 1.81. The van der Waals surface area contributed by atoms with E-state index in [-0.39, 0.29) is 0 Å². The highest BCUT2D eigenvalue weighted by atomic mass is 15.4. The van der Waals surface area contributed by atoms with E-state index in [0.717, 1.165) is 18.4 Å². The minimum absolute atomic E-state index is 0.853. The highest BCUT2D eigenvalue weighted by molar-refractivity contribution is 4.77. The fraction of sp³-hybridized carbons (Fsp3) is 0.750. The normalized spacial score (nSPS) is 29.9. The van der Waals surface area contributed by atoms with Crippen molar-refractivity contribution in [2.45, 2.75) is 26.3 Å². The second-order valence-corrected chi connectivity index (χ2v) is 3.57. The van der Waals surface area contributed by atoms with E-state index in [4.69, 9.17) is 0 Å². The molecular weight excluding hydrogens is 138 g/mol. The summed E-state index contributed by atoms with van der Waals surface area (Å²) in [5.41, 5.74) is 0. The lowest BCUT2D eigenvalue weighted by Crippen LogP contribution is -2.25. The average Bonchev–Trinajstić information content (AvgIpc) is 2.36. The van der Waals surface area contributed by atoms with Crippen LogP contribution < -0.4 is 0 Å². The molecular formula is C8H13N3. The molecule has 3 heteroatoms. The van der Waals surface area contributed by atoms with Crippen LogP contribution in [0.5, 0.6) is 0 Å². The molecule has 1 aromatic rings. The van der Waals surface area contributed by atoms with E-state index >= 15 is 0 Å². The molecule has 0 saturated heterocycles. The molecule has 0 unspecified atom stereocenters. The van der Waals surface area contributed by atoms with Crippen molar-refractivity contribution < 1.29 is 0 Å². The van der Waals surface area contributed by atoms with E-state index in [0.29, 0.717) is 0 Å². The minimum Gasteiger partial charge on any atom is -0.252 e. The van der Waals surface area contributed by atoms with Gasteiger partial charge in [0.2, 0.25) is 0 Å². The monoisotopic (exact) mass is 151 g/mol. The first-order valence-corrected chi connectivity index (χ1v) is 4.18. The number of hydrogen-bond donors (Lipinski definition) is 0. The molecule has 0 atom stereocenters. The molecule has 0 spiro atoms. The summed E-state index contributed by atoms with van der Waals surface area (Å²) in [4.78, 5) is 0. The quantitative estimate of drug-likeness (QED) is 0.638. The molecule has 3 nitrogen and oxygen atoms in total. The molecule has 1 heterocycles. The Kier molecular flexibility index (Phi) is 1.64. The van der Waals surface area contributed by atoms with Crippen molar-refractivity contribution in [1.29, 1.82) is 0 Å². The van der Waals surface area contributed by atoms with Crippen LogP contribution in [0.3, 0.4) is 0 Å². The zero-order valence-electron chi connectivity index (χ0n) is 6.77. The molecule has 1 aliphatic carbocycles. The first kappa shape index (κ1) is 6.83. The minimum atomic E-state index is 0.853. The predicted octanol–water partition coefficient (Wildman–Crippen LogP) is 1.32. The van der Waals surface area contributed by atoms with Crippen molar-refractivity contribution in [1.82, 2.24) is 15.0 Å². The van der Waals surface area contributed by atoms with Gasteiger partial charge in [-0.2, -0.15) is 0 Å². The topological polar surface area (TPSA) is 30.7 Å². The van der Waals surface area contributed by atoms with Crippen molar-refractivity contribution in [3.05, 3.63) is 12.4 Å². The molecule has 1 saturated carbocycles. The smallest absolute Gasteiger partial charge is 0.0692 e. The highest BCUT2D eigenvalue weighted by Crippen LogP contribution is 2.33. The maximum absolute atomic E-state index is 3.93. The van der Waals surface area contributed by atoms with Gasteiger partial charge in [-0.1, -0.05) is 12.1 Å². The lowest BCUT2D eigenvalue weighted by Gasteiger charge is -2.32. The van der Waals surface area contributed by atoms with Gasteiger partial charge >= 0.3 is 0 Å². The summed E-state index contributed by atoms with van der Waals surface area (Å²) in [6.07, 6.45) is 6.39. The molecule has 0 amide bonds. The zero-order chi connectivity index (χ0) is 7.68. The van der Waals surface area contributed by atoms with Gasteiger partial charge < -0.3 is 0 Å². The Balaban J connectivity index is 1.84. The lowest BCUT2D eigenvalue weighted by atomic mass is 9.76. The Morgan fingerprint density at radius 1 is 1.55 bits per heavy atom. The van der Waals surface area contributed by atoms with Crippen LogP contribution in [0.1, 0.15) is 19.8 Å². The van der Waals surface area contributed by atoms with E-state index < -0.39 is 0 Å². The van der Waals surface area contributed by atoms with E-state index in [1.807, 2.05) is 10.9 Å². The van der Waals surface area contributed by atoms with Gasteiger partial charge in [0.25, 0.3) is 0 Å². The third-order valence-corrected chi connectivity index (χ3v) is 2.39. The summed E-state index contributed by atoms with van der Waals surface area (Å²) in [6.45, 7) is 3.36. The van der Waals surface area contributed by atoms with Gasteiger partial charge in [0.15, 0.2) is 0 Å². The first-order valence-electron chi connectivity index (χ1n) is 4.18. The first-order chi connectivity index (χ1) is 5.34. The van der Waals surface area contributed by atoms with Gasteiger partial charge in [-0.05, 0) is 24.7 Å². The van der Waals surface area contributed by atoms with Gasteiger partial charge in [0.05, 0.1) is 6.20 Å². The average molecular weight is 151 g/mol. The maximum Gasteiger partial charge on any atom is 0.0692 e. The van der Waals surface area contributed by atoms with Crippen LogP contribution >= 0.6 is 0 Å². The Labute approximate surface area is 66.4 Å². The largest absolute Gasteiger partial charge is 0.252 e. The van der Waals surface area contributed by atoms with E-state index in [1.54, 1.807) is 6.20 Å². The van der Waals surface area contributed by atoms with Crippen LogP contribution in [0.15, 0.2) is 12.4 Å². The van der Waals surface area contributed by atoms with Crippen molar-refractivity contribution in [3.63, 3.8) is 0 Å². The Morgan fingerprint density at radius 3 is 2.91 bits per heavy atom. The van der Waals surface area contributed by atoms with Crippen LogP contribution in [0.25, 0.3) is 0 Å². The molecule has 0 aliphatic heterocycles. The summed E-state index contributed by atoms with van der Waals surface area (Å²) in [5, 5.41) is 7.70. The van der Waals surface area contributed by atoms with Crippen LogP contribution in [0.2, 0.25) is 0 Å². The lowest BCUT2D eigenvalue weighted by molar-refractivity contribution is 0.181. The standard InChI is InChI=1S/C8H13N3/c1-7-4-8(5-7)6-11-3-2-9-10-11/h2-3,7-8H,4-6H2,1H3. The molecule has 0 radical (unpaired) electrons. The number of hydrogen-bond acceptors (Lipinski definition) is 2. The molecule has 0 N–H and O–H groups in total. The third kappa shape index (κ3) is 1.42. The van der Waals surface area contributed by atoms with Crippen LogP contribution in [0, 0.1) is 11.8 Å². The Morgan fingerprint density at radius 2 is 2.36 bits per heavy atom. The molecule has 0 bridgehead atoms. The molecule has 0 aromatic carbocycles. The van der Waals surface area contributed by atoms with E-state index in [9.17, 15) is 0 Å². The maximum atomic E-state index is 3.93. The second kappa shape index (κ2) is 2.64. The summed E-state index contributed by atoms with van der Waals surface area (Å²) < 4.78 is 1.93. The number of aromatic nitrogens is 3. The molecule has 2 rings (SSSR count). The molecule has 1 fully saturated rings. The Bertz CT molecular complexity index is 211. The van der Waals surface area contributed by atoms with Gasteiger partial charge in [-0.15, -0.1) is 5.10 Å². The van der Waals surface area contributed by atoms with Gasteiger partial charge in [-0.3, -0.25) is 4.68 Å². The van der Waals surface area contributed by atoms with Crippen molar-refractivity contribution in [3.8, 4) is 0 Å². The van der Waals surface area contributed by atoms with E-state index in [2.05, 4.69) is 17.2 Å². The van der Waals surface area contributed by atoms with E-state index in [1.165, 1.54) is 12.8 Å². The molecule has 11 heavy (non-hydrogen) atoms. The van der Waals surface area contributed by atoms with Crippen molar-refractivity contribution in [2.24, 2.45) is 11.8 Å². The van der Waals surface area contributed by atoms with Crippen molar-refractivity contribution >= 4 is 0 Å². The Hall–Kier alpha value is -0.860. The van der Waals surface area contributed by atoms with Crippen LogP contribution in [0.4, 0.5) is 0 Å². The SMILES string of the molecule is CC1CC(Cn2ccnn2)C1. The highest BCUT2D eigenvalue weighted by Gasteiger charge is 2.25. The number of rotatable bonds is 2. The fourth-order valence-electron chi connectivity index (χ4n) is 1.81. The molecule has 1 aromatic heterocycles. The summed E-state index contributed by atoms with van der Waals surface area (Å²) in [5.74, 6) is 1.79. The number of nitrogens with zero attached hydrogens (tertiary/aromatic N) is 3. The van der Waals surface area contributed by atoms with Gasteiger partial charge in [0, 0.05) is 12.7 Å². The van der Waals surface area contributed by atoms with Crippen molar-refractivity contribution in [2.75, 3.05) is 0 Å². The predicted molar refractivity (Wildman–Crippen MR) is 41.9 cm³/mol. The summed E-state index contributed by atoms with van der Waals surface area (Å²) >= 11 is 0. The van der Waals surface area contributed by atoms with Gasteiger partial charge in [-0.25, -0.2) is 0 Å². The molecule has 60 valence electrons.